The number of nitrogens with two attached hydrogens (primary N) is 1. The molecule has 8 nitrogen and oxygen atoms in total. The Bertz CT molecular complexity index is 1600. The van der Waals surface area contributed by atoms with Gasteiger partial charge in [-0.3, -0.25) is 14.6 Å². The maximum Gasteiger partial charge on any atom is 0.280 e. The maximum absolute atomic E-state index is 14.7. The largest absolute Gasteiger partial charge is 0.331 e. The van der Waals surface area contributed by atoms with Gasteiger partial charge in [-0.05, 0) is 42.8 Å². The van der Waals surface area contributed by atoms with Crippen LogP contribution in [0.4, 0.5) is 23.4 Å². The minimum atomic E-state index is -3.27. The van der Waals surface area contributed by atoms with Gasteiger partial charge in [0.2, 0.25) is 0 Å². The van der Waals surface area contributed by atoms with E-state index < -0.39 is 42.0 Å². The Morgan fingerprint density at radius 2 is 1.80 bits per heavy atom. The van der Waals surface area contributed by atoms with Gasteiger partial charge < -0.3 is 16.0 Å². The lowest BCUT2D eigenvalue weighted by molar-refractivity contribution is -0.0715. The van der Waals surface area contributed by atoms with Crippen LogP contribution in [0.25, 0.3) is 16.9 Å². The van der Waals surface area contributed by atoms with E-state index in [9.17, 15) is 27.2 Å². The molecule has 4 aromatic rings. The van der Waals surface area contributed by atoms with E-state index in [1.807, 2.05) is 0 Å². The molecule has 5 rings (SSSR count). The predicted molar refractivity (Wildman–Crippen MR) is 140 cm³/mol. The van der Waals surface area contributed by atoms with Gasteiger partial charge in [0.15, 0.2) is 5.69 Å². The molecule has 0 bridgehead atoms. The quantitative estimate of drug-likeness (QED) is 0.330. The van der Waals surface area contributed by atoms with Gasteiger partial charge >= 0.3 is 0 Å². The predicted octanol–water partition coefficient (Wildman–Crippen LogP) is 4.93. The highest BCUT2D eigenvalue weighted by Crippen LogP contribution is 2.31. The van der Waals surface area contributed by atoms with Gasteiger partial charge in [0.1, 0.15) is 23.1 Å². The van der Waals surface area contributed by atoms with E-state index in [0.29, 0.717) is 5.69 Å². The van der Waals surface area contributed by atoms with Crippen LogP contribution in [0.2, 0.25) is 5.02 Å². The van der Waals surface area contributed by atoms with Gasteiger partial charge in [0.25, 0.3) is 17.7 Å². The van der Waals surface area contributed by atoms with E-state index in [4.69, 9.17) is 17.3 Å². The van der Waals surface area contributed by atoms with Crippen LogP contribution < -0.4 is 11.1 Å². The fourth-order valence-corrected chi connectivity index (χ4v) is 4.54. The monoisotopic (exact) mass is 572 g/mol. The topological polar surface area (TPSA) is 106 Å². The summed E-state index contributed by atoms with van der Waals surface area (Å²) in [6, 6.07) is 12.7. The molecular formula is C27H21ClF4N6O2. The van der Waals surface area contributed by atoms with Gasteiger partial charge in [-0.15, -0.1) is 0 Å². The molecular weight excluding hydrogens is 552 g/mol. The van der Waals surface area contributed by atoms with Gasteiger partial charge in [0.05, 0.1) is 28.9 Å². The Balaban J connectivity index is 1.50. The van der Waals surface area contributed by atoms with Gasteiger partial charge in [-0.25, -0.2) is 22.2 Å². The summed E-state index contributed by atoms with van der Waals surface area (Å²) in [6.45, 7) is -0.863. The molecule has 1 saturated heterocycles. The van der Waals surface area contributed by atoms with Crippen molar-refractivity contribution in [1.29, 1.82) is 0 Å². The molecule has 2 amide bonds. The average Bonchev–Trinajstić information content (AvgIpc) is 3.34. The number of anilines is 1. The number of carbonyl (C=O) groups is 2. The fourth-order valence-electron chi connectivity index (χ4n) is 4.30. The Labute approximate surface area is 230 Å². The van der Waals surface area contributed by atoms with Crippen molar-refractivity contribution in [3.63, 3.8) is 0 Å². The first kappa shape index (κ1) is 27.3. The summed E-state index contributed by atoms with van der Waals surface area (Å²) in [6.07, 6.45) is 1.18. The number of alkyl halides is 2. The SMILES string of the molecule is NC1CCN(C(=O)c2cc(NC(=O)c3cc(-c4ncccc4F)c(F)cc3Cl)n(-c3ccccc3)n2)CC1(F)F. The number of piperidine rings is 1. The Hall–Kier alpha value is -4.29. The number of carbonyl (C=O) groups excluding carboxylic acids is 2. The lowest BCUT2D eigenvalue weighted by Crippen LogP contribution is -2.56. The first-order valence-electron chi connectivity index (χ1n) is 12.0. The molecule has 3 heterocycles. The zero-order valence-electron chi connectivity index (χ0n) is 20.6. The van der Waals surface area contributed by atoms with Crippen LogP contribution in [0.3, 0.4) is 0 Å². The van der Waals surface area contributed by atoms with Crippen molar-refractivity contribution < 1.29 is 27.2 Å². The number of nitrogens with one attached hydrogen (secondary N) is 1. The third kappa shape index (κ3) is 5.27. The molecule has 1 aliphatic rings. The third-order valence-corrected chi connectivity index (χ3v) is 6.74. The second-order valence-electron chi connectivity index (χ2n) is 9.14. The molecule has 2 aromatic carbocycles. The number of benzene rings is 2. The number of hydrogen-bond acceptors (Lipinski definition) is 5. The number of hydrogen-bond donors (Lipinski definition) is 2. The molecule has 206 valence electrons. The number of likely N-dealkylation sites (tertiary alicyclic amines) is 1. The lowest BCUT2D eigenvalue weighted by Gasteiger charge is -2.36. The smallest absolute Gasteiger partial charge is 0.280 e. The molecule has 40 heavy (non-hydrogen) atoms. The first-order valence-corrected chi connectivity index (χ1v) is 12.4. The lowest BCUT2D eigenvalue weighted by atomic mass is 10.0. The van der Waals surface area contributed by atoms with Crippen LogP contribution in [0.15, 0.2) is 66.9 Å². The minimum absolute atomic E-state index is 0.00554. The van der Waals surface area contributed by atoms with Crippen molar-refractivity contribution in [2.75, 3.05) is 18.4 Å². The van der Waals surface area contributed by atoms with Crippen molar-refractivity contribution in [3.05, 3.63) is 94.8 Å². The second kappa shape index (κ2) is 10.7. The normalized spacial score (nSPS) is 16.6. The van der Waals surface area contributed by atoms with Crippen LogP contribution in [-0.2, 0) is 0 Å². The number of amides is 2. The molecule has 1 atom stereocenters. The van der Waals surface area contributed by atoms with Gasteiger partial charge in [-0.2, -0.15) is 5.10 Å². The molecule has 1 unspecified atom stereocenters. The van der Waals surface area contributed by atoms with Gasteiger partial charge in [0, 0.05) is 24.4 Å². The van der Waals surface area contributed by atoms with Crippen molar-refractivity contribution in [1.82, 2.24) is 19.7 Å². The number of nitrogens with zero attached hydrogens (tertiary/aromatic N) is 4. The van der Waals surface area contributed by atoms with Crippen LogP contribution in [0, 0.1) is 11.6 Å². The van der Waals surface area contributed by atoms with E-state index in [1.54, 1.807) is 30.3 Å². The molecule has 0 saturated carbocycles. The molecule has 0 radical (unpaired) electrons. The summed E-state index contributed by atoms with van der Waals surface area (Å²) in [7, 11) is 0. The standard InChI is InChI=1S/C27H21ClF4N6O2/c28-18-12-20(30)17(24-19(29)7-4-9-34-24)11-16(18)25(39)35-23-13-21(36-38(23)15-5-2-1-3-6-15)26(40)37-10-8-22(33)27(31,32)14-37/h1-7,9,11-13,22H,8,10,14,33H2,(H,35,39). The van der Waals surface area contributed by atoms with E-state index in [1.165, 1.54) is 23.0 Å². The van der Waals surface area contributed by atoms with E-state index in [0.717, 1.165) is 23.1 Å². The molecule has 1 aliphatic heterocycles. The van der Waals surface area contributed by atoms with Crippen molar-refractivity contribution in [3.8, 4) is 16.9 Å². The summed E-state index contributed by atoms with van der Waals surface area (Å²) in [5.41, 5.74) is 4.93. The highest BCUT2D eigenvalue weighted by molar-refractivity contribution is 6.34. The zero-order valence-corrected chi connectivity index (χ0v) is 21.4. The summed E-state index contributed by atoms with van der Waals surface area (Å²) < 4.78 is 58.7. The van der Waals surface area contributed by atoms with Gasteiger partial charge in [-0.1, -0.05) is 29.8 Å². The van der Waals surface area contributed by atoms with Crippen LogP contribution in [0.5, 0.6) is 0 Å². The summed E-state index contributed by atoms with van der Waals surface area (Å²) in [5, 5.41) is 6.59. The number of halogens is 5. The fraction of sp³-hybridized carbons (Fsp3) is 0.185. The summed E-state index contributed by atoms with van der Waals surface area (Å²) >= 11 is 6.16. The minimum Gasteiger partial charge on any atom is -0.331 e. The molecule has 2 aromatic heterocycles. The number of aromatic nitrogens is 3. The number of pyridine rings is 1. The first-order chi connectivity index (χ1) is 19.0. The Kier molecular flexibility index (Phi) is 7.30. The number of para-hydroxylation sites is 1. The zero-order chi connectivity index (χ0) is 28.6. The van der Waals surface area contributed by atoms with Crippen molar-refractivity contribution in [2.24, 2.45) is 5.73 Å². The Morgan fingerprint density at radius 1 is 1.05 bits per heavy atom. The average molecular weight is 573 g/mol. The van der Waals surface area contributed by atoms with E-state index >= 15 is 0 Å². The highest BCUT2D eigenvalue weighted by atomic mass is 35.5. The second-order valence-corrected chi connectivity index (χ2v) is 9.55. The van der Waals surface area contributed by atoms with Crippen molar-refractivity contribution in [2.45, 2.75) is 18.4 Å². The molecule has 0 aliphatic carbocycles. The van der Waals surface area contributed by atoms with Crippen LogP contribution in [-0.4, -0.2) is 56.5 Å². The molecule has 13 heteroatoms. The maximum atomic E-state index is 14.7. The highest BCUT2D eigenvalue weighted by Gasteiger charge is 2.44. The van der Waals surface area contributed by atoms with E-state index in [2.05, 4.69) is 15.4 Å². The molecule has 1 fully saturated rings. The summed E-state index contributed by atoms with van der Waals surface area (Å²) in [5.74, 6) is -6.55. The molecule has 3 N–H and O–H groups in total. The summed E-state index contributed by atoms with van der Waals surface area (Å²) in [4.78, 5) is 31.3. The third-order valence-electron chi connectivity index (χ3n) is 6.43. The van der Waals surface area contributed by atoms with E-state index in [-0.39, 0.29) is 46.3 Å². The van der Waals surface area contributed by atoms with Crippen molar-refractivity contribution >= 4 is 29.2 Å². The molecule has 0 spiro atoms. The van der Waals surface area contributed by atoms with Crippen LogP contribution >= 0.6 is 11.6 Å². The number of rotatable bonds is 5. The van der Waals surface area contributed by atoms with Crippen LogP contribution in [0.1, 0.15) is 27.3 Å². The Morgan fingerprint density at radius 3 is 2.50 bits per heavy atom.